The van der Waals surface area contributed by atoms with E-state index in [4.69, 9.17) is 0 Å². The monoisotopic (exact) mass is 395 g/mol. The van der Waals surface area contributed by atoms with E-state index in [9.17, 15) is 26.4 Å². The van der Waals surface area contributed by atoms with Crippen molar-refractivity contribution < 1.29 is 26.4 Å². The normalized spacial score (nSPS) is 25.1. The van der Waals surface area contributed by atoms with Crippen molar-refractivity contribution in [2.45, 2.75) is 41.2 Å². The first-order valence-corrected chi connectivity index (χ1v) is 10.0. The Morgan fingerprint density at radius 3 is 2.19 bits per heavy atom. The average Bonchev–Trinajstić information content (AvgIpc) is 2.60. The van der Waals surface area contributed by atoms with Crippen LogP contribution in [-0.2, 0) is 20.8 Å². The average molecular weight is 395 g/mol. The van der Waals surface area contributed by atoms with Gasteiger partial charge in [0.25, 0.3) is 0 Å². The molecule has 2 aromatic carbocycles. The van der Waals surface area contributed by atoms with Gasteiger partial charge in [-0.3, -0.25) is 4.79 Å². The molecule has 0 amide bonds. The van der Waals surface area contributed by atoms with Crippen LogP contribution in [-0.4, -0.2) is 20.2 Å². The summed E-state index contributed by atoms with van der Waals surface area (Å²) in [5, 5.41) is 2.20. The van der Waals surface area contributed by atoms with Gasteiger partial charge in [-0.2, -0.15) is 13.2 Å². The summed E-state index contributed by atoms with van der Waals surface area (Å²) in [4.78, 5) is 11.9. The number of sulfone groups is 1. The predicted octanol–water partition coefficient (Wildman–Crippen LogP) is 3.60. The number of fused-ring (bicyclic) bond motifs is 4. The number of carbonyl (C=O) groups is 1. The molecular formula is C19H16F3NO3S. The highest BCUT2D eigenvalue weighted by atomic mass is 32.2. The largest absolute Gasteiger partial charge is 0.416 e. The van der Waals surface area contributed by atoms with Crippen molar-refractivity contribution in [1.29, 1.82) is 0 Å². The maximum absolute atomic E-state index is 13.3. The van der Waals surface area contributed by atoms with Gasteiger partial charge in [0, 0.05) is 24.9 Å². The van der Waals surface area contributed by atoms with Crippen LogP contribution < -0.4 is 5.32 Å². The van der Waals surface area contributed by atoms with E-state index < -0.39 is 32.9 Å². The van der Waals surface area contributed by atoms with Crippen LogP contribution in [0.25, 0.3) is 0 Å². The fraction of sp³-hybridized carbons (Fsp3) is 0.316. The van der Waals surface area contributed by atoms with Crippen LogP contribution in [0, 0.1) is 0 Å². The maximum atomic E-state index is 13.3. The number of carbonyl (C=O) groups excluding carboxylic acids is 1. The molecule has 2 aromatic rings. The third-order valence-corrected chi connectivity index (χ3v) is 7.36. The van der Waals surface area contributed by atoms with E-state index in [-0.39, 0.29) is 23.1 Å². The quantitative estimate of drug-likeness (QED) is 0.844. The van der Waals surface area contributed by atoms with E-state index in [1.54, 1.807) is 24.3 Å². The van der Waals surface area contributed by atoms with Crippen molar-refractivity contribution >= 4 is 15.6 Å². The minimum atomic E-state index is -4.54. The number of nitrogens with one attached hydrogen (secondary N) is 1. The Morgan fingerprint density at radius 2 is 1.56 bits per heavy atom. The Kier molecular flexibility index (Phi) is 4.16. The second-order valence-electron chi connectivity index (χ2n) is 6.89. The summed E-state index contributed by atoms with van der Waals surface area (Å²) in [6, 6.07) is 9.70. The third-order valence-electron chi connectivity index (χ3n) is 5.18. The zero-order valence-corrected chi connectivity index (χ0v) is 14.8. The molecule has 2 aliphatic heterocycles. The lowest BCUT2D eigenvalue weighted by Gasteiger charge is -2.41. The standard InChI is InChI=1S/C19H16F3NO3S/c20-19(21,22)11-5-7-13(8-6-11)27(25,26)18-15-4-2-1-3-14(15)16-9-12(24)10-17(18)23-16/h1-8,16-18,23H,9-10H2. The molecule has 0 radical (unpaired) electrons. The summed E-state index contributed by atoms with van der Waals surface area (Å²) in [6.07, 6.45) is -4.15. The van der Waals surface area contributed by atoms with E-state index in [0.29, 0.717) is 12.0 Å². The van der Waals surface area contributed by atoms with Gasteiger partial charge in [0.2, 0.25) is 0 Å². The predicted molar refractivity (Wildman–Crippen MR) is 91.7 cm³/mol. The Hall–Kier alpha value is -2.19. The molecule has 0 saturated carbocycles. The smallest absolute Gasteiger partial charge is 0.305 e. The first-order chi connectivity index (χ1) is 12.7. The molecule has 2 bridgehead atoms. The van der Waals surface area contributed by atoms with Crippen LogP contribution >= 0.6 is 0 Å². The van der Waals surface area contributed by atoms with Crippen LogP contribution in [0.1, 0.15) is 40.8 Å². The third kappa shape index (κ3) is 3.06. The molecule has 3 atom stereocenters. The molecule has 0 aliphatic carbocycles. The van der Waals surface area contributed by atoms with Gasteiger partial charge in [-0.15, -0.1) is 0 Å². The summed E-state index contributed by atoms with van der Waals surface area (Å²) in [6.45, 7) is 0. The first kappa shape index (κ1) is 18.2. The van der Waals surface area contributed by atoms with Gasteiger partial charge in [0.15, 0.2) is 9.84 Å². The summed E-state index contributed by atoms with van der Waals surface area (Å²) in [7, 11) is -3.99. The Bertz CT molecular complexity index is 1000. The molecule has 8 heteroatoms. The topological polar surface area (TPSA) is 63.2 Å². The summed E-state index contributed by atoms with van der Waals surface area (Å²) < 4.78 is 64.9. The number of piperidine rings is 1. The van der Waals surface area contributed by atoms with Crippen molar-refractivity contribution in [2.24, 2.45) is 0 Å². The maximum Gasteiger partial charge on any atom is 0.416 e. The van der Waals surface area contributed by atoms with E-state index in [2.05, 4.69) is 5.32 Å². The number of alkyl halides is 3. The molecule has 27 heavy (non-hydrogen) atoms. The number of benzene rings is 2. The van der Waals surface area contributed by atoms with Gasteiger partial charge in [-0.1, -0.05) is 24.3 Å². The Balaban J connectivity index is 1.81. The molecule has 1 fully saturated rings. The van der Waals surface area contributed by atoms with Crippen molar-refractivity contribution in [3.8, 4) is 0 Å². The molecule has 2 aliphatic rings. The molecule has 0 aromatic heterocycles. The molecule has 4 nitrogen and oxygen atoms in total. The van der Waals surface area contributed by atoms with Crippen LogP contribution in [0.2, 0.25) is 0 Å². The molecular weight excluding hydrogens is 379 g/mol. The van der Waals surface area contributed by atoms with Crippen molar-refractivity contribution in [3.63, 3.8) is 0 Å². The highest BCUT2D eigenvalue weighted by Crippen LogP contribution is 2.44. The number of ketones is 1. The van der Waals surface area contributed by atoms with Gasteiger partial charge in [-0.05, 0) is 35.4 Å². The van der Waals surface area contributed by atoms with Crippen molar-refractivity contribution in [2.75, 3.05) is 0 Å². The zero-order chi connectivity index (χ0) is 19.4. The SMILES string of the molecule is O=C1CC2NC(C1)C(S(=O)(=O)c1ccc(C(F)(F)F)cc1)c1ccccc12. The molecule has 4 rings (SSSR count). The van der Waals surface area contributed by atoms with Gasteiger partial charge < -0.3 is 5.32 Å². The van der Waals surface area contributed by atoms with E-state index >= 15 is 0 Å². The zero-order valence-electron chi connectivity index (χ0n) is 14.0. The van der Waals surface area contributed by atoms with Crippen LogP contribution in [0.15, 0.2) is 53.4 Å². The minimum Gasteiger partial charge on any atom is -0.305 e. The molecule has 1 saturated heterocycles. The molecule has 2 heterocycles. The van der Waals surface area contributed by atoms with E-state index in [1.165, 1.54) is 0 Å². The summed E-state index contributed by atoms with van der Waals surface area (Å²) in [5.74, 6) is -0.0223. The number of rotatable bonds is 2. The summed E-state index contributed by atoms with van der Waals surface area (Å²) in [5.41, 5.74) is 0.456. The second kappa shape index (κ2) is 6.17. The van der Waals surface area contributed by atoms with Crippen LogP contribution in [0.3, 0.4) is 0 Å². The molecule has 3 unspecified atom stereocenters. The first-order valence-electron chi connectivity index (χ1n) is 8.45. The minimum absolute atomic E-state index is 0.0223. The van der Waals surface area contributed by atoms with Crippen LogP contribution in [0.4, 0.5) is 13.2 Å². The second-order valence-corrected chi connectivity index (χ2v) is 8.96. The van der Waals surface area contributed by atoms with Gasteiger partial charge in [0.05, 0.1) is 10.5 Å². The van der Waals surface area contributed by atoms with E-state index in [1.807, 2.05) is 0 Å². The van der Waals surface area contributed by atoms with Crippen molar-refractivity contribution in [1.82, 2.24) is 5.32 Å². The molecule has 142 valence electrons. The highest BCUT2D eigenvalue weighted by Gasteiger charge is 2.46. The van der Waals surface area contributed by atoms with Gasteiger partial charge in [-0.25, -0.2) is 8.42 Å². The highest BCUT2D eigenvalue weighted by molar-refractivity contribution is 7.91. The van der Waals surface area contributed by atoms with Crippen molar-refractivity contribution in [3.05, 3.63) is 65.2 Å². The van der Waals surface area contributed by atoms with Crippen LogP contribution in [0.5, 0.6) is 0 Å². The van der Waals surface area contributed by atoms with Gasteiger partial charge >= 0.3 is 6.18 Å². The Labute approximate surface area is 154 Å². The number of Topliss-reactive ketones (excluding diaryl/α,β-unsaturated/α-hetero) is 1. The lowest BCUT2D eigenvalue weighted by Crippen LogP contribution is -2.50. The number of hydrogen-bond acceptors (Lipinski definition) is 4. The molecule has 1 N–H and O–H groups in total. The fourth-order valence-corrected chi connectivity index (χ4v) is 5.96. The fourth-order valence-electron chi connectivity index (χ4n) is 3.99. The molecule has 0 spiro atoms. The lowest BCUT2D eigenvalue weighted by molar-refractivity contribution is -0.137. The van der Waals surface area contributed by atoms with Gasteiger partial charge in [0.1, 0.15) is 11.0 Å². The Morgan fingerprint density at radius 1 is 0.926 bits per heavy atom. The van der Waals surface area contributed by atoms with E-state index in [0.717, 1.165) is 29.8 Å². The lowest BCUT2D eigenvalue weighted by atomic mass is 9.81. The summed E-state index contributed by atoms with van der Waals surface area (Å²) >= 11 is 0. The number of hydrogen-bond donors (Lipinski definition) is 1. The number of halogens is 3.